The first-order chi connectivity index (χ1) is 10.6. The first-order valence-electron chi connectivity index (χ1n) is 7.67. The SMILES string of the molecule is CCOC(=O)[C@@]1(P(=O)(OCC)OCC)C[C@H]1c1ccccc1. The highest BCUT2D eigenvalue weighted by Crippen LogP contribution is 2.77. The van der Waals surface area contributed by atoms with Gasteiger partial charge in [-0.3, -0.25) is 9.36 Å². The zero-order valence-corrected chi connectivity index (χ0v) is 14.2. The summed E-state index contributed by atoms with van der Waals surface area (Å²) in [7, 11) is -3.59. The second kappa shape index (κ2) is 6.95. The summed E-state index contributed by atoms with van der Waals surface area (Å²) in [6.45, 7) is 5.90. The molecule has 122 valence electrons. The lowest BCUT2D eigenvalue weighted by Crippen LogP contribution is -2.29. The van der Waals surface area contributed by atoms with Gasteiger partial charge in [-0.05, 0) is 32.8 Å². The molecule has 1 aliphatic carbocycles. The molecule has 0 unspecified atom stereocenters. The summed E-state index contributed by atoms with van der Waals surface area (Å²) in [5.41, 5.74) is 0.954. The summed E-state index contributed by atoms with van der Waals surface area (Å²) in [5.74, 6) is -0.689. The van der Waals surface area contributed by atoms with Crippen molar-refractivity contribution in [2.75, 3.05) is 19.8 Å². The van der Waals surface area contributed by atoms with Gasteiger partial charge in [-0.25, -0.2) is 0 Å². The monoisotopic (exact) mass is 326 g/mol. The van der Waals surface area contributed by atoms with Crippen LogP contribution in [0.4, 0.5) is 0 Å². The van der Waals surface area contributed by atoms with Gasteiger partial charge in [0.15, 0.2) is 5.16 Å². The van der Waals surface area contributed by atoms with Crippen LogP contribution in [0.3, 0.4) is 0 Å². The fraction of sp³-hybridized carbons (Fsp3) is 0.562. The third kappa shape index (κ3) is 2.85. The highest BCUT2D eigenvalue weighted by Gasteiger charge is 2.74. The van der Waals surface area contributed by atoms with Gasteiger partial charge in [0.25, 0.3) is 0 Å². The van der Waals surface area contributed by atoms with Gasteiger partial charge < -0.3 is 13.8 Å². The Morgan fingerprint density at radius 2 is 1.73 bits per heavy atom. The first-order valence-corrected chi connectivity index (χ1v) is 9.21. The average Bonchev–Trinajstić information content (AvgIpc) is 3.26. The van der Waals surface area contributed by atoms with Crippen molar-refractivity contribution in [2.45, 2.75) is 38.3 Å². The molecule has 2 atom stereocenters. The zero-order chi connectivity index (χ0) is 16.2. The molecular weight excluding hydrogens is 303 g/mol. The topological polar surface area (TPSA) is 61.8 Å². The molecule has 1 aromatic carbocycles. The van der Waals surface area contributed by atoms with Crippen LogP contribution < -0.4 is 0 Å². The minimum Gasteiger partial charge on any atom is -0.465 e. The molecule has 0 aliphatic heterocycles. The van der Waals surface area contributed by atoms with Crippen LogP contribution in [0, 0.1) is 0 Å². The van der Waals surface area contributed by atoms with E-state index in [-0.39, 0.29) is 25.7 Å². The van der Waals surface area contributed by atoms with Crippen LogP contribution >= 0.6 is 7.60 Å². The average molecular weight is 326 g/mol. The van der Waals surface area contributed by atoms with E-state index < -0.39 is 18.7 Å². The van der Waals surface area contributed by atoms with Crippen molar-refractivity contribution < 1.29 is 23.1 Å². The molecule has 0 heterocycles. The Hall–Kier alpha value is -1.16. The lowest BCUT2D eigenvalue weighted by Gasteiger charge is -2.25. The van der Waals surface area contributed by atoms with E-state index in [0.29, 0.717) is 6.42 Å². The lowest BCUT2D eigenvalue weighted by molar-refractivity contribution is -0.144. The molecule has 5 nitrogen and oxygen atoms in total. The van der Waals surface area contributed by atoms with Crippen molar-refractivity contribution in [3.8, 4) is 0 Å². The second-order valence-corrected chi connectivity index (χ2v) is 7.45. The normalized spacial score (nSPS) is 24.0. The lowest BCUT2D eigenvalue weighted by atomic mass is 10.1. The van der Waals surface area contributed by atoms with Crippen molar-refractivity contribution in [3.05, 3.63) is 35.9 Å². The van der Waals surface area contributed by atoms with E-state index in [4.69, 9.17) is 13.8 Å². The van der Waals surface area contributed by atoms with Crippen molar-refractivity contribution in [1.82, 2.24) is 0 Å². The molecule has 0 bridgehead atoms. The van der Waals surface area contributed by atoms with Gasteiger partial charge in [0.05, 0.1) is 19.8 Å². The van der Waals surface area contributed by atoms with Gasteiger partial charge in [-0.1, -0.05) is 30.3 Å². The van der Waals surface area contributed by atoms with Crippen LogP contribution in [0.1, 0.15) is 38.7 Å². The molecule has 6 heteroatoms. The van der Waals surface area contributed by atoms with Crippen LogP contribution in [0.5, 0.6) is 0 Å². The van der Waals surface area contributed by atoms with Crippen LogP contribution in [0.2, 0.25) is 0 Å². The highest BCUT2D eigenvalue weighted by molar-refractivity contribution is 7.57. The van der Waals surface area contributed by atoms with Crippen LogP contribution in [0.25, 0.3) is 0 Å². The molecule has 2 rings (SSSR count). The third-order valence-corrected chi connectivity index (χ3v) is 6.70. The van der Waals surface area contributed by atoms with Crippen molar-refractivity contribution >= 4 is 13.6 Å². The highest BCUT2D eigenvalue weighted by atomic mass is 31.2. The minimum absolute atomic E-state index is 0.198. The van der Waals surface area contributed by atoms with E-state index in [9.17, 15) is 9.36 Å². The van der Waals surface area contributed by atoms with Gasteiger partial charge in [0.2, 0.25) is 0 Å². The van der Waals surface area contributed by atoms with Gasteiger partial charge in [0, 0.05) is 5.92 Å². The molecule has 0 saturated heterocycles. The predicted molar refractivity (Wildman–Crippen MR) is 84.0 cm³/mol. The summed E-state index contributed by atoms with van der Waals surface area (Å²) in [6, 6.07) is 9.55. The Kier molecular flexibility index (Phi) is 5.43. The van der Waals surface area contributed by atoms with E-state index in [1.54, 1.807) is 20.8 Å². The maximum absolute atomic E-state index is 13.3. The molecule has 1 aromatic rings. The van der Waals surface area contributed by atoms with Gasteiger partial charge in [0.1, 0.15) is 0 Å². The van der Waals surface area contributed by atoms with E-state index in [1.807, 2.05) is 30.3 Å². The molecule has 0 amide bonds. The molecular formula is C16H23O5P. The van der Waals surface area contributed by atoms with Crippen LogP contribution in [0.15, 0.2) is 30.3 Å². The number of carbonyl (C=O) groups is 1. The molecule has 1 aliphatic rings. The Bertz CT molecular complexity index is 549. The van der Waals surface area contributed by atoms with E-state index in [2.05, 4.69) is 0 Å². The molecule has 22 heavy (non-hydrogen) atoms. The number of benzene rings is 1. The quantitative estimate of drug-likeness (QED) is 0.538. The smallest absolute Gasteiger partial charge is 0.348 e. The molecule has 0 aromatic heterocycles. The number of carbonyl (C=O) groups excluding carboxylic acids is 1. The number of hydrogen-bond acceptors (Lipinski definition) is 5. The summed E-state index contributed by atoms with van der Waals surface area (Å²) in [4.78, 5) is 12.6. The van der Waals surface area contributed by atoms with Gasteiger partial charge in [-0.15, -0.1) is 0 Å². The summed E-state index contributed by atoms with van der Waals surface area (Å²) < 4.78 is 29.3. The third-order valence-electron chi connectivity index (χ3n) is 3.85. The van der Waals surface area contributed by atoms with Crippen LogP contribution in [-0.2, 0) is 23.1 Å². The Morgan fingerprint density at radius 3 is 2.23 bits per heavy atom. The molecule has 1 fully saturated rings. The maximum Gasteiger partial charge on any atom is 0.348 e. The van der Waals surface area contributed by atoms with E-state index >= 15 is 0 Å². The number of hydrogen-bond donors (Lipinski definition) is 0. The largest absolute Gasteiger partial charge is 0.465 e. The van der Waals surface area contributed by atoms with E-state index in [0.717, 1.165) is 5.56 Å². The standard InChI is InChI=1S/C16H23O5P/c1-4-19-15(17)16(22(18,20-5-2)21-6-3)12-14(16)13-10-8-7-9-11-13/h7-11,14H,4-6,12H2,1-3H3/t14-,16+/m0/s1. The zero-order valence-electron chi connectivity index (χ0n) is 13.3. The predicted octanol–water partition coefficient (Wildman–Crippen LogP) is 3.74. The van der Waals surface area contributed by atoms with Crippen molar-refractivity contribution in [1.29, 1.82) is 0 Å². The summed E-state index contributed by atoms with van der Waals surface area (Å²) in [6.07, 6.45) is 0.424. The summed E-state index contributed by atoms with van der Waals surface area (Å²) >= 11 is 0. The summed E-state index contributed by atoms with van der Waals surface area (Å²) in [5, 5.41) is -1.21. The molecule has 0 spiro atoms. The maximum atomic E-state index is 13.3. The Morgan fingerprint density at radius 1 is 1.14 bits per heavy atom. The van der Waals surface area contributed by atoms with Crippen LogP contribution in [-0.4, -0.2) is 30.9 Å². The fourth-order valence-corrected chi connectivity index (χ4v) is 5.28. The van der Waals surface area contributed by atoms with E-state index in [1.165, 1.54) is 0 Å². The number of rotatable bonds is 8. The van der Waals surface area contributed by atoms with Crippen molar-refractivity contribution in [3.63, 3.8) is 0 Å². The second-order valence-electron chi connectivity index (χ2n) is 5.15. The fourth-order valence-electron chi connectivity index (χ4n) is 2.83. The Labute approximate surface area is 131 Å². The molecule has 1 saturated carbocycles. The minimum atomic E-state index is -3.59. The Balaban J connectivity index is 2.40. The molecule has 0 N–H and O–H groups in total. The number of esters is 1. The van der Waals surface area contributed by atoms with Crippen molar-refractivity contribution in [2.24, 2.45) is 0 Å². The number of ether oxygens (including phenoxy) is 1. The van der Waals surface area contributed by atoms with Gasteiger partial charge in [-0.2, -0.15) is 0 Å². The van der Waals surface area contributed by atoms with Gasteiger partial charge >= 0.3 is 13.6 Å². The first kappa shape index (κ1) is 17.2. The molecule has 0 radical (unpaired) electrons.